The van der Waals surface area contributed by atoms with E-state index in [0.29, 0.717) is 33.7 Å². The predicted octanol–water partition coefficient (Wildman–Crippen LogP) is 5.09. The zero-order chi connectivity index (χ0) is 26.8. The number of para-hydroxylation sites is 1. The first kappa shape index (κ1) is 23.0. The Morgan fingerprint density at radius 2 is 1.87 bits per heavy atom. The van der Waals surface area contributed by atoms with Crippen molar-refractivity contribution in [2.24, 2.45) is 7.05 Å². The number of carbonyl (C=O) groups excluding carboxylic acids is 2. The maximum absolute atomic E-state index is 13.5. The third-order valence-electron chi connectivity index (χ3n) is 7.45. The van der Waals surface area contributed by atoms with Gasteiger partial charge in [0.15, 0.2) is 5.76 Å². The van der Waals surface area contributed by atoms with Crippen molar-refractivity contribution < 1.29 is 23.8 Å². The molecule has 8 nitrogen and oxygen atoms in total. The summed E-state index contributed by atoms with van der Waals surface area (Å²) in [5.74, 6) is 0.0728. The summed E-state index contributed by atoms with van der Waals surface area (Å²) in [6, 6.07) is 18.2. The van der Waals surface area contributed by atoms with Crippen molar-refractivity contribution in [1.29, 1.82) is 0 Å². The van der Waals surface area contributed by atoms with E-state index in [1.165, 1.54) is 0 Å². The number of carbonyl (C=O) groups is 2. The molecule has 39 heavy (non-hydrogen) atoms. The Morgan fingerprint density at radius 1 is 1.03 bits per heavy atom. The zero-order valence-corrected chi connectivity index (χ0v) is 21.1. The van der Waals surface area contributed by atoms with Crippen LogP contribution in [-0.2, 0) is 11.8 Å². The van der Waals surface area contributed by atoms with Crippen LogP contribution in [0.1, 0.15) is 39.4 Å². The molecule has 1 N–H and O–H groups in total. The van der Waals surface area contributed by atoms with Crippen LogP contribution in [0.3, 0.4) is 0 Å². The van der Waals surface area contributed by atoms with Crippen LogP contribution in [0.25, 0.3) is 27.9 Å². The lowest BCUT2D eigenvalue weighted by atomic mass is 9.85. The number of fused-ring (bicyclic) bond motifs is 5. The van der Waals surface area contributed by atoms with E-state index in [1.807, 2.05) is 60.3 Å². The average Bonchev–Trinajstić information content (AvgIpc) is 3.42. The molecule has 0 amide bonds. The largest absolute Gasteiger partial charge is 0.497 e. The number of aryl methyl sites for hydroxylation is 1. The van der Waals surface area contributed by atoms with Crippen LogP contribution < -0.4 is 19.8 Å². The second-order valence-electron chi connectivity index (χ2n) is 9.74. The Bertz CT molecular complexity index is 1960. The van der Waals surface area contributed by atoms with Gasteiger partial charge >= 0.3 is 5.97 Å². The molecule has 0 fully saturated rings. The minimum absolute atomic E-state index is 0.0510. The molecule has 192 valence electrons. The Hall–Kier alpha value is -5.11. The number of ketones is 1. The Kier molecular flexibility index (Phi) is 5.00. The number of ether oxygens (including phenoxy) is 3. The summed E-state index contributed by atoms with van der Waals surface area (Å²) in [4.78, 5) is 42.1. The number of nitrogens with one attached hydrogen (secondary N) is 1. The van der Waals surface area contributed by atoms with Crippen LogP contribution in [-0.4, -0.2) is 28.4 Å². The summed E-state index contributed by atoms with van der Waals surface area (Å²) in [5.41, 5.74) is 3.46. The molecule has 1 atom stereocenters. The van der Waals surface area contributed by atoms with Gasteiger partial charge in [-0.15, -0.1) is 0 Å². The number of nitrogens with zero attached hydrogens (tertiary/aromatic N) is 1. The van der Waals surface area contributed by atoms with Crippen molar-refractivity contribution in [3.05, 3.63) is 105 Å². The van der Waals surface area contributed by atoms with Crippen LogP contribution >= 0.6 is 0 Å². The normalized spacial score (nSPS) is 17.3. The first-order valence-corrected chi connectivity index (χ1v) is 12.5. The van der Waals surface area contributed by atoms with Crippen molar-refractivity contribution in [2.75, 3.05) is 7.11 Å². The molecule has 0 unspecified atom stereocenters. The molecule has 7 rings (SSSR count). The lowest BCUT2D eigenvalue weighted by molar-refractivity contribution is -0.135. The number of hydrogen-bond donors (Lipinski definition) is 1. The van der Waals surface area contributed by atoms with E-state index in [2.05, 4.69) is 4.98 Å². The topological polar surface area (TPSA) is 99.6 Å². The number of aromatic nitrogens is 2. The molecule has 4 heterocycles. The Balaban J connectivity index is 1.37. The number of H-pyrrole nitrogens is 1. The van der Waals surface area contributed by atoms with Crippen LogP contribution in [0.4, 0.5) is 0 Å². The molecule has 0 spiro atoms. The third kappa shape index (κ3) is 3.56. The first-order chi connectivity index (χ1) is 18.9. The van der Waals surface area contributed by atoms with Gasteiger partial charge < -0.3 is 23.8 Å². The summed E-state index contributed by atoms with van der Waals surface area (Å²) >= 11 is 0. The molecule has 2 aliphatic rings. The van der Waals surface area contributed by atoms with Crippen molar-refractivity contribution in [3.63, 3.8) is 0 Å². The maximum Gasteiger partial charge on any atom is 0.312 e. The van der Waals surface area contributed by atoms with Crippen molar-refractivity contribution in [3.8, 4) is 17.2 Å². The second kappa shape index (κ2) is 8.46. The molecule has 0 aliphatic carbocycles. The van der Waals surface area contributed by atoms with Crippen molar-refractivity contribution >= 4 is 39.6 Å². The number of allylic oxidation sites excluding steroid dienone is 1. The minimum Gasteiger partial charge on any atom is -0.497 e. The molecular formula is C31H22N2O6. The summed E-state index contributed by atoms with van der Waals surface area (Å²) in [6.07, 6.45) is 3.58. The Morgan fingerprint density at radius 3 is 2.72 bits per heavy atom. The van der Waals surface area contributed by atoms with E-state index in [1.54, 1.807) is 31.4 Å². The molecular weight excluding hydrogens is 496 g/mol. The molecule has 3 aromatic carbocycles. The van der Waals surface area contributed by atoms with Gasteiger partial charge in [-0.05, 0) is 53.9 Å². The molecule has 0 bridgehead atoms. The number of rotatable bonds is 3. The lowest BCUT2D eigenvalue weighted by Gasteiger charge is -2.26. The highest BCUT2D eigenvalue weighted by Gasteiger charge is 2.39. The monoisotopic (exact) mass is 518 g/mol. The predicted molar refractivity (Wildman–Crippen MR) is 146 cm³/mol. The fourth-order valence-corrected chi connectivity index (χ4v) is 5.58. The number of Topliss-reactive ketones (excluding diaryl/α,β-unsaturated/α-hetero) is 1. The smallest absolute Gasteiger partial charge is 0.312 e. The van der Waals surface area contributed by atoms with Crippen LogP contribution in [0, 0.1) is 0 Å². The third-order valence-corrected chi connectivity index (χ3v) is 7.45. The van der Waals surface area contributed by atoms with Gasteiger partial charge in [0.2, 0.25) is 5.78 Å². The molecule has 2 aliphatic heterocycles. The van der Waals surface area contributed by atoms with Gasteiger partial charge in [-0.2, -0.15) is 0 Å². The van der Waals surface area contributed by atoms with Gasteiger partial charge in [0.1, 0.15) is 17.2 Å². The summed E-state index contributed by atoms with van der Waals surface area (Å²) < 4.78 is 19.1. The molecule has 8 heteroatoms. The Labute approximate surface area is 222 Å². The number of esters is 1. The van der Waals surface area contributed by atoms with Crippen LogP contribution in [0.15, 0.2) is 77.4 Å². The molecule has 0 radical (unpaired) electrons. The minimum atomic E-state index is -0.640. The summed E-state index contributed by atoms with van der Waals surface area (Å²) in [6.45, 7) is 0. The van der Waals surface area contributed by atoms with Crippen LogP contribution in [0.5, 0.6) is 17.2 Å². The second-order valence-corrected chi connectivity index (χ2v) is 9.74. The van der Waals surface area contributed by atoms with Gasteiger partial charge in [0, 0.05) is 52.3 Å². The SMILES string of the molecule is COc1ccc2c(c1)c(/C=C1\Oc3c(ccc4c3[C@H](c3cc5ccccc5[nH]c3=O)CC(=O)O4)C1=O)cn2C. The first-order valence-electron chi connectivity index (χ1n) is 12.5. The lowest BCUT2D eigenvalue weighted by Crippen LogP contribution is -2.26. The highest BCUT2D eigenvalue weighted by molar-refractivity contribution is 6.16. The summed E-state index contributed by atoms with van der Waals surface area (Å²) in [5, 5.41) is 1.75. The summed E-state index contributed by atoms with van der Waals surface area (Å²) in [7, 11) is 3.54. The highest BCUT2D eigenvalue weighted by Crippen LogP contribution is 2.48. The highest BCUT2D eigenvalue weighted by atomic mass is 16.5. The zero-order valence-electron chi connectivity index (χ0n) is 21.1. The number of methoxy groups -OCH3 is 1. The van der Waals surface area contributed by atoms with Gasteiger partial charge in [-0.25, -0.2) is 0 Å². The molecule has 0 saturated heterocycles. The molecule has 2 aromatic heterocycles. The van der Waals surface area contributed by atoms with E-state index >= 15 is 0 Å². The van der Waals surface area contributed by atoms with Gasteiger partial charge in [0.25, 0.3) is 5.56 Å². The van der Waals surface area contributed by atoms with E-state index in [4.69, 9.17) is 14.2 Å². The quantitative estimate of drug-likeness (QED) is 0.203. The number of hydrogen-bond acceptors (Lipinski definition) is 6. The van der Waals surface area contributed by atoms with E-state index in [9.17, 15) is 14.4 Å². The van der Waals surface area contributed by atoms with E-state index < -0.39 is 11.9 Å². The molecule has 5 aromatic rings. The van der Waals surface area contributed by atoms with Crippen molar-refractivity contribution in [2.45, 2.75) is 12.3 Å². The van der Waals surface area contributed by atoms with E-state index in [-0.39, 0.29) is 29.3 Å². The number of aromatic amines is 1. The van der Waals surface area contributed by atoms with Crippen LogP contribution in [0.2, 0.25) is 0 Å². The van der Waals surface area contributed by atoms with E-state index in [0.717, 1.165) is 21.9 Å². The van der Waals surface area contributed by atoms with Gasteiger partial charge in [0.05, 0.1) is 19.1 Å². The standard InChI is InChI=1S/C31H22N2O6/c1-33-15-17(20-13-18(37-2)7-9-24(20)33)12-26-29(35)19-8-10-25-28(30(19)39-26)21(14-27(34)38-25)22-11-16-5-3-4-6-23(16)32-31(22)36/h3-13,15,21H,14H2,1-2H3,(H,32,36)/b26-12-/t21-/m0/s1. The number of benzene rings is 3. The fourth-order valence-electron chi connectivity index (χ4n) is 5.58. The fraction of sp³-hybridized carbons (Fsp3) is 0.129. The molecule has 0 saturated carbocycles. The van der Waals surface area contributed by atoms with Gasteiger partial charge in [-0.3, -0.25) is 14.4 Å². The number of pyridine rings is 1. The maximum atomic E-state index is 13.5. The van der Waals surface area contributed by atoms with Crippen molar-refractivity contribution in [1.82, 2.24) is 9.55 Å². The average molecular weight is 519 g/mol. The van der Waals surface area contributed by atoms with Gasteiger partial charge in [-0.1, -0.05) is 18.2 Å².